The number of hydrogen-bond donors (Lipinski definition) is 1. The topological polar surface area (TPSA) is 20.2 Å². The van der Waals surface area contributed by atoms with Crippen LogP contribution in [0.3, 0.4) is 0 Å². The summed E-state index contributed by atoms with van der Waals surface area (Å²) >= 11 is 6.21. The summed E-state index contributed by atoms with van der Waals surface area (Å²) in [6.07, 6.45) is 1.95. The molecule has 0 aromatic heterocycles. The molecule has 0 amide bonds. The van der Waals surface area contributed by atoms with Gasteiger partial charge in [0.25, 0.3) is 0 Å². The van der Waals surface area contributed by atoms with Crippen molar-refractivity contribution in [2.45, 2.75) is 31.8 Å². The molecule has 4 atom stereocenters. The van der Waals surface area contributed by atoms with Gasteiger partial charge in [-0.05, 0) is 65.8 Å². The Morgan fingerprint density at radius 3 is 2.81 bits per heavy atom. The second-order valence-corrected chi connectivity index (χ2v) is 6.87. The van der Waals surface area contributed by atoms with Gasteiger partial charge in [0.1, 0.15) is 0 Å². The first-order valence-electron chi connectivity index (χ1n) is 7.69. The largest absolute Gasteiger partial charge is 0.388 e. The fourth-order valence-electron chi connectivity index (χ4n) is 4.07. The van der Waals surface area contributed by atoms with Crippen molar-refractivity contribution < 1.29 is 5.11 Å². The lowest BCUT2D eigenvalue weighted by Gasteiger charge is -2.14. The zero-order valence-corrected chi connectivity index (χ0v) is 12.8. The number of aliphatic hydroxyl groups is 1. The second kappa shape index (κ2) is 4.86. The molecule has 21 heavy (non-hydrogen) atoms. The molecule has 4 rings (SSSR count). The van der Waals surface area contributed by atoms with Crippen molar-refractivity contribution in [3.63, 3.8) is 0 Å². The highest BCUT2D eigenvalue weighted by molar-refractivity contribution is 6.31. The minimum Gasteiger partial charge on any atom is -0.388 e. The summed E-state index contributed by atoms with van der Waals surface area (Å²) < 4.78 is 0. The van der Waals surface area contributed by atoms with Gasteiger partial charge in [0.05, 0.1) is 6.10 Å². The van der Waals surface area contributed by atoms with Gasteiger partial charge >= 0.3 is 0 Å². The van der Waals surface area contributed by atoms with Crippen LogP contribution in [0.25, 0.3) is 0 Å². The molecular weight excluding hydrogens is 280 g/mol. The van der Waals surface area contributed by atoms with Crippen molar-refractivity contribution in [2.75, 3.05) is 0 Å². The van der Waals surface area contributed by atoms with Crippen molar-refractivity contribution in [3.05, 3.63) is 69.7 Å². The van der Waals surface area contributed by atoms with E-state index in [0.717, 1.165) is 22.6 Å². The Morgan fingerprint density at radius 2 is 2.00 bits per heavy atom. The molecule has 0 heterocycles. The van der Waals surface area contributed by atoms with Crippen LogP contribution in [0.2, 0.25) is 5.02 Å². The summed E-state index contributed by atoms with van der Waals surface area (Å²) in [5.74, 6) is 1.52. The summed E-state index contributed by atoms with van der Waals surface area (Å²) in [5.41, 5.74) is 4.94. The van der Waals surface area contributed by atoms with E-state index in [1.165, 1.54) is 17.5 Å². The zero-order chi connectivity index (χ0) is 14.6. The van der Waals surface area contributed by atoms with Crippen LogP contribution in [-0.4, -0.2) is 5.11 Å². The fourth-order valence-corrected chi connectivity index (χ4v) is 4.25. The van der Waals surface area contributed by atoms with Gasteiger partial charge in [-0.15, -0.1) is 0 Å². The van der Waals surface area contributed by atoms with Gasteiger partial charge < -0.3 is 5.11 Å². The van der Waals surface area contributed by atoms with Crippen LogP contribution in [0.1, 0.15) is 40.7 Å². The standard InChI is InChI=1S/C19H19ClO/c1-11-6-7-13(10-16(11)20)19(21)18-15-9-8-12-4-2-3-5-14(12)17(15)18/h2-7,10,15,17-19,21H,8-9H2,1H3. The molecule has 0 spiro atoms. The van der Waals surface area contributed by atoms with E-state index >= 15 is 0 Å². The average molecular weight is 299 g/mol. The Balaban J connectivity index is 1.63. The summed E-state index contributed by atoms with van der Waals surface area (Å²) in [4.78, 5) is 0. The van der Waals surface area contributed by atoms with Crippen LogP contribution in [0.5, 0.6) is 0 Å². The SMILES string of the molecule is Cc1ccc(C(O)C2C3CCc4ccccc4C32)cc1Cl. The van der Waals surface area contributed by atoms with Gasteiger partial charge in [-0.3, -0.25) is 0 Å². The van der Waals surface area contributed by atoms with Gasteiger partial charge in [0.2, 0.25) is 0 Å². The molecule has 0 radical (unpaired) electrons. The highest BCUT2D eigenvalue weighted by Gasteiger charge is 2.56. The van der Waals surface area contributed by atoms with Crippen molar-refractivity contribution in [3.8, 4) is 0 Å². The molecule has 2 aliphatic rings. The maximum absolute atomic E-state index is 10.8. The first-order chi connectivity index (χ1) is 10.2. The van der Waals surface area contributed by atoms with Crippen LogP contribution in [0.4, 0.5) is 0 Å². The van der Waals surface area contributed by atoms with Crippen molar-refractivity contribution >= 4 is 11.6 Å². The number of aryl methyl sites for hydroxylation is 2. The molecule has 2 aromatic carbocycles. The normalized spacial score (nSPS) is 27.7. The molecular formula is C19H19ClO. The summed E-state index contributed by atoms with van der Waals surface area (Å²) in [6.45, 7) is 1.99. The highest BCUT2D eigenvalue weighted by atomic mass is 35.5. The molecule has 2 aromatic rings. The van der Waals surface area contributed by atoms with E-state index in [2.05, 4.69) is 24.3 Å². The maximum Gasteiger partial charge on any atom is 0.0827 e. The minimum absolute atomic E-state index is 0.354. The van der Waals surface area contributed by atoms with Crippen LogP contribution in [0.15, 0.2) is 42.5 Å². The molecule has 1 N–H and O–H groups in total. The Morgan fingerprint density at radius 1 is 1.19 bits per heavy atom. The second-order valence-electron chi connectivity index (χ2n) is 6.46. The van der Waals surface area contributed by atoms with E-state index in [0.29, 0.717) is 17.8 Å². The molecule has 0 saturated heterocycles. The van der Waals surface area contributed by atoms with Crippen molar-refractivity contribution in [1.29, 1.82) is 0 Å². The molecule has 4 unspecified atom stereocenters. The van der Waals surface area contributed by atoms with Crippen LogP contribution in [-0.2, 0) is 6.42 Å². The highest BCUT2D eigenvalue weighted by Crippen LogP contribution is 2.64. The van der Waals surface area contributed by atoms with Gasteiger partial charge in [0.15, 0.2) is 0 Å². The minimum atomic E-state index is -0.399. The first kappa shape index (κ1) is 13.4. The maximum atomic E-state index is 10.8. The number of benzene rings is 2. The van der Waals surface area contributed by atoms with E-state index in [1.54, 1.807) is 0 Å². The van der Waals surface area contributed by atoms with Crippen molar-refractivity contribution in [2.24, 2.45) is 11.8 Å². The van der Waals surface area contributed by atoms with Crippen LogP contribution in [0, 0.1) is 18.8 Å². The van der Waals surface area contributed by atoms with Gasteiger partial charge in [-0.2, -0.15) is 0 Å². The van der Waals surface area contributed by atoms with Crippen LogP contribution >= 0.6 is 11.6 Å². The molecule has 108 valence electrons. The zero-order valence-electron chi connectivity index (χ0n) is 12.1. The van der Waals surface area contributed by atoms with Crippen LogP contribution < -0.4 is 0 Å². The predicted octanol–water partition coefficient (Wildman–Crippen LogP) is 4.66. The first-order valence-corrected chi connectivity index (χ1v) is 8.06. The average Bonchev–Trinajstić information content (AvgIpc) is 3.24. The summed E-state index contributed by atoms with van der Waals surface area (Å²) in [5, 5.41) is 11.5. The molecule has 1 fully saturated rings. The van der Waals surface area contributed by atoms with Crippen molar-refractivity contribution in [1.82, 2.24) is 0 Å². The molecule has 2 aliphatic carbocycles. The molecule has 2 heteroatoms. The fraction of sp³-hybridized carbons (Fsp3) is 0.368. The van der Waals surface area contributed by atoms with E-state index in [1.807, 2.05) is 25.1 Å². The third kappa shape index (κ3) is 2.11. The Labute approximate surface area is 130 Å². The summed E-state index contributed by atoms with van der Waals surface area (Å²) in [6, 6.07) is 14.6. The van der Waals surface area contributed by atoms with E-state index in [9.17, 15) is 5.11 Å². The number of rotatable bonds is 2. The monoisotopic (exact) mass is 298 g/mol. The van der Waals surface area contributed by atoms with Gasteiger partial charge in [-0.1, -0.05) is 48.0 Å². The third-order valence-corrected chi connectivity index (χ3v) is 5.70. The quantitative estimate of drug-likeness (QED) is 0.855. The molecule has 0 bridgehead atoms. The molecule has 0 aliphatic heterocycles. The lowest BCUT2D eigenvalue weighted by molar-refractivity contribution is 0.145. The van der Waals surface area contributed by atoms with Gasteiger partial charge in [0, 0.05) is 5.02 Å². The summed E-state index contributed by atoms with van der Waals surface area (Å²) in [7, 11) is 0. The lowest BCUT2D eigenvalue weighted by atomic mass is 9.92. The van der Waals surface area contributed by atoms with Gasteiger partial charge in [-0.25, -0.2) is 0 Å². The smallest absolute Gasteiger partial charge is 0.0827 e. The Bertz CT molecular complexity index is 694. The number of hydrogen-bond acceptors (Lipinski definition) is 1. The number of aliphatic hydroxyl groups excluding tert-OH is 1. The number of halogens is 1. The van der Waals surface area contributed by atoms with E-state index in [4.69, 9.17) is 11.6 Å². The predicted molar refractivity (Wildman–Crippen MR) is 85.6 cm³/mol. The molecule has 1 saturated carbocycles. The number of fused-ring (bicyclic) bond motifs is 3. The lowest BCUT2D eigenvalue weighted by Crippen LogP contribution is -2.02. The third-order valence-electron chi connectivity index (χ3n) is 5.29. The Kier molecular flexibility index (Phi) is 3.09. The van der Waals surface area contributed by atoms with E-state index in [-0.39, 0.29) is 0 Å². The van der Waals surface area contributed by atoms with E-state index < -0.39 is 6.10 Å². The Hall–Kier alpha value is -1.31. The molecule has 1 nitrogen and oxygen atoms in total.